The van der Waals surface area contributed by atoms with Crippen LogP contribution in [0.4, 0.5) is 26.3 Å². The molecule has 0 amide bonds. The van der Waals surface area contributed by atoms with Gasteiger partial charge in [-0.25, -0.2) is 4.68 Å². The minimum absolute atomic E-state index is 0.324. The lowest BCUT2D eigenvalue weighted by Crippen LogP contribution is -2.38. The highest BCUT2D eigenvalue weighted by molar-refractivity contribution is 6.37. The summed E-state index contributed by atoms with van der Waals surface area (Å²) in [7, 11) is 0. The van der Waals surface area contributed by atoms with E-state index < -0.39 is 44.8 Å². The van der Waals surface area contributed by atoms with Crippen LogP contribution in [0.2, 0.25) is 10.0 Å². The van der Waals surface area contributed by atoms with Crippen LogP contribution in [0.5, 0.6) is 0 Å². The van der Waals surface area contributed by atoms with Crippen LogP contribution < -0.4 is 0 Å². The third-order valence-corrected chi connectivity index (χ3v) is 4.41. The number of hydrogen-bond acceptors (Lipinski definition) is 4. The van der Waals surface area contributed by atoms with E-state index in [0.717, 1.165) is 12.4 Å². The Kier molecular flexibility index (Phi) is 4.68. The third-order valence-electron chi connectivity index (χ3n) is 3.83. The lowest BCUT2D eigenvalue weighted by molar-refractivity contribution is -0.174. The SMILES string of the molecule is N#Cc1nn(-c2c(Cl)cc(C(F)(F)F)cc2Cl)cc1C1(C(F)(F)F)C=CN=N1. The summed E-state index contributed by atoms with van der Waals surface area (Å²) in [5, 5.41) is 18.2. The molecule has 1 aromatic heterocycles. The molecule has 1 aliphatic rings. The zero-order valence-corrected chi connectivity index (χ0v) is 14.7. The highest BCUT2D eigenvalue weighted by Gasteiger charge is 2.58. The molecule has 2 heterocycles. The zero-order chi connectivity index (χ0) is 20.9. The van der Waals surface area contributed by atoms with E-state index in [1.807, 2.05) is 0 Å². The average molecular weight is 440 g/mol. The molecule has 146 valence electrons. The summed E-state index contributed by atoms with van der Waals surface area (Å²) in [4.78, 5) is 0. The fourth-order valence-corrected chi connectivity index (χ4v) is 3.20. The summed E-state index contributed by atoms with van der Waals surface area (Å²) in [6.45, 7) is 0. The Labute approximate surface area is 162 Å². The number of benzene rings is 1. The molecule has 1 atom stereocenters. The van der Waals surface area contributed by atoms with Crippen molar-refractivity contribution in [3.63, 3.8) is 0 Å². The van der Waals surface area contributed by atoms with Gasteiger partial charge in [0.05, 0.1) is 21.2 Å². The number of hydrogen-bond donors (Lipinski definition) is 0. The van der Waals surface area contributed by atoms with Gasteiger partial charge in [-0.2, -0.15) is 46.9 Å². The van der Waals surface area contributed by atoms with Crippen LogP contribution in [0.1, 0.15) is 16.8 Å². The number of nitrogens with zero attached hydrogens (tertiary/aromatic N) is 5. The van der Waals surface area contributed by atoms with E-state index in [0.29, 0.717) is 22.9 Å². The number of halogens is 8. The summed E-state index contributed by atoms with van der Waals surface area (Å²) in [5.41, 5.74) is -5.78. The van der Waals surface area contributed by atoms with Crippen LogP contribution in [-0.4, -0.2) is 16.0 Å². The van der Waals surface area contributed by atoms with Crippen molar-refractivity contribution in [2.45, 2.75) is 17.9 Å². The normalized spacial score (nSPS) is 19.2. The van der Waals surface area contributed by atoms with Gasteiger partial charge in [0.25, 0.3) is 0 Å². The van der Waals surface area contributed by atoms with Crippen molar-refractivity contribution in [3.8, 4) is 11.8 Å². The first-order valence-electron chi connectivity index (χ1n) is 7.14. The van der Waals surface area contributed by atoms with Crippen molar-refractivity contribution in [1.82, 2.24) is 9.78 Å². The van der Waals surface area contributed by atoms with Crippen LogP contribution in [0, 0.1) is 11.3 Å². The fraction of sp³-hybridized carbons (Fsp3) is 0.200. The van der Waals surface area contributed by atoms with Gasteiger partial charge < -0.3 is 0 Å². The second-order valence-corrected chi connectivity index (χ2v) is 6.34. The molecule has 1 aromatic carbocycles. The van der Waals surface area contributed by atoms with Crippen molar-refractivity contribution < 1.29 is 26.3 Å². The van der Waals surface area contributed by atoms with E-state index in [1.54, 1.807) is 0 Å². The van der Waals surface area contributed by atoms with E-state index in [4.69, 9.17) is 23.2 Å². The molecular formula is C15H5Cl2F6N5. The Morgan fingerprint density at radius 1 is 1.07 bits per heavy atom. The lowest BCUT2D eigenvalue weighted by Gasteiger charge is -2.24. The summed E-state index contributed by atoms with van der Waals surface area (Å²) in [6.07, 6.45) is -7.48. The van der Waals surface area contributed by atoms with Crippen molar-refractivity contribution in [1.29, 1.82) is 5.26 Å². The molecule has 13 heteroatoms. The zero-order valence-electron chi connectivity index (χ0n) is 13.1. The van der Waals surface area contributed by atoms with Crippen LogP contribution in [0.15, 0.2) is 40.8 Å². The Hall–Kier alpha value is -2.58. The molecule has 0 saturated heterocycles. The van der Waals surface area contributed by atoms with Gasteiger partial charge >= 0.3 is 12.4 Å². The van der Waals surface area contributed by atoms with Crippen LogP contribution >= 0.6 is 23.2 Å². The maximum absolute atomic E-state index is 13.6. The van der Waals surface area contributed by atoms with Gasteiger partial charge in [-0.15, -0.1) is 0 Å². The number of aromatic nitrogens is 2. The maximum atomic E-state index is 13.6. The maximum Gasteiger partial charge on any atom is 0.423 e. The Morgan fingerprint density at radius 3 is 2.11 bits per heavy atom. The Bertz CT molecular complexity index is 1010. The monoisotopic (exact) mass is 439 g/mol. The predicted molar refractivity (Wildman–Crippen MR) is 85.0 cm³/mol. The molecular weight excluding hydrogens is 435 g/mol. The first-order chi connectivity index (χ1) is 12.9. The molecule has 0 fully saturated rings. The summed E-state index contributed by atoms with van der Waals surface area (Å²) >= 11 is 11.7. The van der Waals surface area contributed by atoms with Crippen molar-refractivity contribution >= 4 is 23.2 Å². The number of nitriles is 1. The van der Waals surface area contributed by atoms with Gasteiger partial charge in [-0.1, -0.05) is 23.2 Å². The smallest absolute Gasteiger partial charge is 0.236 e. The molecule has 2 aromatic rings. The molecule has 0 radical (unpaired) electrons. The molecule has 5 nitrogen and oxygen atoms in total. The largest absolute Gasteiger partial charge is 0.423 e. The Morgan fingerprint density at radius 2 is 1.68 bits per heavy atom. The quantitative estimate of drug-likeness (QED) is 0.554. The predicted octanol–water partition coefficient (Wildman–Crippen LogP) is 5.81. The van der Waals surface area contributed by atoms with Gasteiger partial charge in [-0.05, 0) is 18.2 Å². The van der Waals surface area contributed by atoms with E-state index >= 15 is 0 Å². The molecule has 0 saturated carbocycles. The lowest BCUT2D eigenvalue weighted by atomic mass is 9.91. The van der Waals surface area contributed by atoms with Crippen LogP contribution in [0.25, 0.3) is 5.69 Å². The summed E-state index contributed by atoms with van der Waals surface area (Å²) in [6, 6.07) is 2.59. The third kappa shape index (κ3) is 3.12. The standard InChI is InChI=1S/C15H5Cl2F6N5/c16-9-3-7(14(18,19)20)4-10(17)12(9)28-6-8(11(5-24)26-28)13(15(21,22)23)1-2-25-27-13/h1-4,6H. The minimum Gasteiger partial charge on any atom is -0.236 e. The highest BCUT2D eigenvalue weighted by atomic mass is 35.5. The van der Waals surface area contributed by atoms with Gasteiger partial charge in [0.2, 0.25) is 5.54 Å². The molecule has 1 unspecified atom stereocenters. The second kappa shape index (κ2) is 6.49. The van der Waals surface area contributed by atoms with Gasteiger partial charge in [-0.3, -0.25) is 0 Å². The van der Waals surface area contributed by atoms with Gasteiger partial charge in [0.15, 0.2) is 5.69 Å². The molecule has 0 bridgehead atoms. The van der Waals surface area contributed by atoms with Crippen LogP contribution in [0.3, 0.4) is 0 Å². The van der Waals surface area contributed by atoms with E-state index in [9.17, 15) is 31.6 Å². The molecule has 3 rings (SSSR count). The minimum atomic E-state index is -4.96. The van der Waals surface area contributed by atoms with Gasteiger partial charge in [0, 0.05) is 12.4 Å². The summed E-state index contributed by atoms with van der Waals surface area (Å²) in [5.74, 6) is 0. The van der Waals surface area contributed by atoms with Crippen molar-refractivity contribution in [2.24, 2.45) is 10.2 Å². The van der Waals surface area contributed by atoms with Crippen LogP contribution in [-0.2, 0) is 11.7 Å². The second-order valence-electron chi connectivity index (χ2n) is 5.53. The average Bonchev–Trinajstić information content (AvgIpc) is 3.20. The molecule has 1 aliphatic heterocycles. The Balaban J connectivity index is 2.22. The summed E-state index contributed by atoms with van der Waals surface area (Å²) < 4.78 is 80.2. The molecule has 0 aliphatic carbocycles. The van der Waals surface area contributed by atoms with E-state index in [2.05, 4.69) is 15.3 Å². The topological polar surface area (TPSA) is 66.3 Å². The first-order valence-corrected chi connectivity index (χ1v) is 7.89. The van der Waals surface area contributed by atoms with Gasteiger partial charge in [0.1, 0.15) is 11.8 Å². The van der Waals surface area contributed by atoms with Crippen molar-refractivity contribution in [2.75, 3.05) is 0 Å². The first kappa shape index (κ1) is 20.2. The van der Waals surface area contributed by atoms with E-state index in [1.165, 1.54) is 6.07 Å². The highest BCUT2D eigenvalue weighted by Crippen LogP contribution is 2.47. The molecule has 0 spiro atoms. The molecule has 28 heavy (non-hydrogen) atoms. The number of alkyl halides is 6. The number of rotatable bonds is 2. The van der Waals surface area contributed by atoms with E-state index in [-0.39, 0.29) is 5.69 Å². The number of azo groups is 1. The molecule has 0 N–H and O–H groups in total. The van der Waals surface area contributed by atoms with Crippen molar-refractivity contribution in [3.05, 3.63) is 57.5 Å². The fourth-order valence-electron chi connectivity index (χ4n) is 2.54.